The van der Waals surface area contributed by atoms with Crippen LogP contribution in [0.15, 0.2) is 18.2 Å². The van der Waals surface area contributed by atoms with E-state index in [1.807, 2.05) is 19.1 Å². The van der Waals surface area contributed by atoms with Crippen molar-refractivity contribution < 1.29 is 9.84 Å². The van der Waals surface area contributed by atoms with Crippen molar-refractivity contribution in [1.29, 1.82) is 0 Å². The maximum Gasteiger partial charge on any atom is 0.125 e. The maximum absolute atomic E-state index is 10.6. The van der Waals surface area contributed by atoms with E-state index in [9.17, 15) is 5.11 Å². The van der Waals surface area contributed by atoms with Gasteiger partial charge in [0.25, 0.3) is 0 Å². The fourth-order valence-corrected chi connectivity index (χ4v) is 3.51. The second-order valence-corrected chi connectivity index (χ2v) is 6.45. The van der Waals surface area contributed by atoms with Crippen LogP contribution < -0.4 is 4.74 Å². The Kier molecular flexibility index (Phi) is 7.00. The molecule has 2 atom stereocenters. The lowest BCUT2D eigenvalue weighted by Gasteiger charge is -2.35. The third-order valence-corrected chi connectivity index (χ3v) is 4.78. The van der Waals surface area contributed by atoms with Crippen LogP contribution in [0, 0.1) is 0 Å². The quantitative estimate of drug-likeness (QED) is 0.805. The third kappa shape index (κ3) is 4.61. The van der Waals surface area contributed by atoms with Gasteiger partial charge in [0.15, 0.2) is 0 Å². The number of aliphatic hydroxyl groups excluding tert-OH is 1. The Morgan fingerprint density at radius 3 is 2.91 bits per heavy atom. The second-order valence-electron chi connectivity index (χ2n) is 6.01. The largest absolute Gasteiger partial charge is 0.493 e. The molecule has 1 fully saturated rings. The van der Waals surface area contributed by atoms with Gasteiger partial charge in [-0.15, -0.1) is 0 Å². The Bertz CT molecular complexity index is 466. The van der Waals surface area contributed by atoms with Gasteiger partial charge in [-0.3, -0.25) is 0 Å². The number of benzene rings is 1. The highest BCUT2D eigenvalue weighted by atomic mass is 35.5. The van der Waals surface area contributed by atoms with Crippen molar-refractivity contribution in [3.63, 3.8) is 0 Å². The van der Waals surface area contributed by atoms with Gasteiger partial charge in [0.2, 0.25) is 0 Å². The summed E-state index contributed by atoms with van der Waals surface area (Å²) in [5, 5.41) is 11.2. The van der Waals surface area contributed by atoms with Gasteiger partial charge in [-0.25, -0.2) is 0 Å². The highest BCUT2D eigenvalue weighted by Crippen LogP contribution is 2.31. The average Bonchev–Trinajstić information content (AvgIpc) is 2.54. The molecule has 0 radical (unpaired) electrons. The molecule has 2 unspecified atom stereocenters. The maximum atomic E-state index is 10.6. The lowest BCUT2D eigenvalue weighted by atomic mass is 9.98. The average molecular weight is 326 g/mol. The molecule has 0 spiro atoms. The van der Waals surface area contributed by atoms with Crippen LogP contribution in [-0.4, -0.2) is 35.7 Å². The first kappa shape index (κ1) is 17.6. The number of rotatable bonds is 7. The number of aliphatic hydroxyl groups is 1. The minimum atomic E-state index is -0.528. The summed E-state index contributed by atoms with van der Waals surface area (Å²) >= 11 is 6.08. The fourth-order valence-electron chi connectivity index (χ4n) is 3.33. The van der Waals surface area contributed by atoms with E-state index < -0.39 is 6.10 Å². The molecule has 0 amide bonds. The van der Waals surface area contributed by atoms with E-state index in [2.05, 4.69) is 11.8 Å². The van der Waals surface area contributed by atoms with Crippen molar-refractivity contribution in [3.05, 3.63) is 28.8 Å². The smallest absolute Gasteiger partial charge is 0.125 e. The number of ether oxygens (including phenoxy) is 1. The molecule has 1 heterocycles. The summed E-state index contributed by atoms with van der Waals surface area (Å²) in [7, 11) is 0. The molecule has 1 aromatic carbocycles. The van der Waals surface area contributed by atoms with Gasteiger partial charge in [0, 0.05) is 23.2 Å². The second kappa shape index (κ2) is 8.76. The molecular weight excluding hydrogens is 298 g/mol. The van der Waals surface area contributed by atoms with Crippen LogP contribution in [0.4, 0.5) is 0 Å². The molecule has 0 aliphatic carbocycles. The Morgan fingerprint density at radius 2 is 2.18 bits per heavy atom. The van der Waals surface area contributed by atoms with Crippen LogP contribution in [-0.2, 0) is 0 Å². The summed E-state index contributed by atoms with van der Waals surface area (Å²) < 4.78 is 5.61. The van der Waals surface area contributed by atoms with Gasteiger partial charge < -0.3 is 14.7 Å². The normalized spacial score (nSPS) is 20.8. The zero-order valence-electron chi connectivity index (χ0n) is 13.7. The van der Waals surface area contributed by atoms with Crippen LogP contribution in [0.5, 0.6) is 5.75 Å². The van der Waals surface area contributed by atoms with E-state index in [4.69, 9.17) is 16.3 Å². The molecular formula is C18H28ClNO2. The number of halogens is 1. The Morgan fingerprint density at radius 1 is 1.36 bits per heavy atom. The first-order valence-electron chi connectivity index (χ1n) is 8.50. The number of likely N-dealkylation sites (tertiary alicyclic amines) is 1. The van der Waals surface area contributed by atoms with Crippen LogP contribution in [0.2, 0.25) is 5.02 Å². The van der Waals surface area contributed by atoms with Gasteiger partial charge in [-0.1, -0.05) is 24.9 Å². The van der Waals surface area contributed by atoms with Crippen molar-refractivity contribution in [3.8, 4) is 5.75 Å². The predicted molar refractivity (Wildman–Crippen MR) is 91.7 cm³/mol. The van der Waals surface area contributed by atoms with Crippen molar-refractivity contribution in [2.75, 3.05) is 19.7 Å². The SMILES string of the molecule is CCOc1ccc(Cl)cc1C(O)CCN1CCCCC1CC. The molecule has 1 N–H and O–H groups in total. The lowest BCUT2D eigenvalue weighted by molar-refractivity contribution is 0.0995. The lowest BCUT2D eigenvalue weighted by Crippen LogP contribution is -2.40. The first-order valence-corrected chi connectivity index (χ1v) is 8.87. The minimum Gasteiger partial charge on any atom is -0.493 e. The topological polar surface area (TPSA) is 32.7 Å². The molecule has 0 aromatic heterocycles. The van der Waals surface area contributed by atoms with Crippen LogP contribution in [0.25, 0.3) is 0 Å². The highest BCUT2D eigenvalue weighted by Gasteiger charge is 2.22. The molecule has 0 saturated carbocycles. The molecule has 2 rings (SSSR count). The molecule has 1 aliphatic heterocycles. The summed E-state index contributed by atoms with van der Waals surface area (Å²) in [4.78, 5) is 2.53. The number of hydrogen-bond donors (Lipinski definition) is 1. The minimum absolute atomic E-state index is 0.528. The van der Waals surface area contributed by atoms with E-state index in [0.717, 1.165) is 30.8 Å². The Balaban J connectivity index is 1.99. The number of hydrogen-bond acceptors (Lipinski definition) is 3. The van der Waals surface area contributed by atoms with Gasteiger partial charge in [-0.2, -0.15) is 0 Å². The number of nitrogens with zero attached hydrogens (tertiary/aromatic N) is 1. The van der Waals surface area contributed by atoms with Crippen molar-refractivity contribution in [2.45, 2.75) is 58.1 Å². The zero-order valence-corrected chi connectivity index (χ0v) is 14.5. The van der Waals surface area contributed by atoms with E-state index >= 15 is 0 Å². The van der Waals surface area contributed by atoms with Crippen molar-refractivity contribution >= 4 is 11.6 Å². The summed E-state index contributed by atoms with van der Waals surface area (Å²) in [5.74, 6) is 0.741. The Hall–Kier alpha value is -0.770. The van der Waals surface area contributed by atoms with Gasteiger partial charge in [0.1, 0.15) is 5.75 Å². The van der Waals surface area contributed by atoms with Crippen LogP contribution in [0.1, 0.15) is 57.6 Å². The first-order chi connectivity index (χ1) is 10.7. The molecule has 3 nitrogen and oxygen atoms in total. The van der Waals surface area contributed by atoms with E-state index in [0.29, 0.717) is 17.7 Å². The monoisotopic (exact) mass is 325 g/mol. The molecule has 1 aliphatic rings. The van der Waals surface area contributed by atoms with Gasteiger partial charge >= 0.3 is 0 Å². The molecule has 1 aromatic rings. The summed E-state index contributed by atoms with van der Waals surface area (Å²) in [6.07, 6.45) is 5.27. The predicted octanol–water partition coefficient (Wildman–Crippen LogP) is 4.43. The van der Waals surface area contributed by atoms with Crippen molar-refractivity contribution in [2.24, 2.45) is 0 Å². The van der Waals surface area contributed by atoms with E-state index in [1.165, 1.54) is 25.7 Å². The molecule has 124 valence electrons. The highest BCUT2D eigenvalue weighted by molar-refractivity contribution is 6.30. The Labute approximate surface area is 139 Å². The van der Waals surface area contributed by atoms with E-state index in [-0.39, 0.29) is 0 Å². The standard InChI is InChI=1S/C18H28ClNO2/c1-3-15-7-5-6-11-20(15)12-10-17(21)16-13-14(19)8-9-18(16)22-4-2/h8-9,13,15,17,21H,3-7,10-12H2,1-2H3. The summed E-state index contributed by atoms with van der Waals surface area (Å²) in [5.41, 5.74) is 0.805. The van der Waals surface area contributed by atoms with E-state index in [1.54, 1.807) is 6.07 Å². The molecule has 22 heavy (non-hydrogen) atoms. The molecule has 0 bridgehead atoms. The van der Waals surface area contributed by atoms with Gasteiger partial charge in [0.05, 0.1) is 12.7 Å². The zero-order chi connectivity index (χ0) is 15.9. The molecule has 4 heteroatoms. The van der Waals surface area contributed by atoms with Crippen LogP contribution >= 0.6 is 11.6 Å². The number of piperidine rings is 1. The fraction of sp³-hybridized carbons (Fsp3) is 0.667. The summed E-state index contributed by atoms with van der Waals surface area (Å²) in [6.45, 7) is 6.87. The third-order valence-electron chi connectivity index (χ3n) is 4.54. The van der Waals surface area contributed by atoms with Gasteiger partial charge in [-0.05, 0) is 57.4 Å². The molecule has 1 saturated heterocycles. The van der Waals surface area contributed by atoms with Crippen LogP contribution in [0.3, 0.4) is 0 Å². The summed E-state index contributed by atoms with van der Waals surface area (Å²) in [6, 6.07) is 6.15. The van der Waals surface area contributed by atoms with Crippen molar-refractivity contribution in [1.82, 2.24) is 4.90 Å².